The van der Waals surface area contributed by atoms with Crippen LogP contribution in [0.5, 0.6) is 5.75 Å². The normalized spacial score (nSPS) is 12.7. The third kappa shape index (κ3) is 16.6. The Morgan fingerprint density at radius 3 is 1.77 bits per heavy atom. The van der Waals surface area contributed by atoms with Gasteiger partial charge >= 0.3 is 30.4 Å². The lowest BCUT2D eigenvalue weighted by atomic mass is 9.99. The van der Waals surface area contributed by atoms with Crippen molar-refractivity contribution in [1.82, 2.24) is 20.9 Å². The zero-order valence-corrected chi connectivity index (χ0v) is 34.8. The maximum atomic E-state index is 13.2. The fourth-order valence-corrected chi connectivity index (χ4v) is 6.13. The summed E-state index contributed by atoms with van der Waals surface area (Å²) in [6.07, 6.45) is -8.97. The van der Waals surface area contributed by atoms with Gasteiger partial charge in [0.15, 0.2) is 0 Å². The molecule has 0 unspecified atom stereocenters. The van der Waals surface area contributed by atoms with E-state index in [2.05, 4.69) is 16.0 Å². The van der Waals surface area contributed by atoms with E-state index in [1.807, 2.05) is 45.0 Å². The molecule has 334 valence electrons. The predicted octanol–water partition coefficient (Wildman–Crippen LogP) is 9.87. The highest BCUT2D eigenvalue weighted by molar-refractivity contribution is 5.87. The van der Waals surface area contributed by atoms with Gasteiger partial charge in [-0.25, -0.2) is 9.59 Å². The molecule has 17 heteroatoms. The molecule has 4 rings (SSSR count). The second-order valence-electron chi connectivity index (χ2n) is 14.6. The lowest BCUT2D eigenvalue weighted by Gasteiger charge is -2.26. The van der Waals surface area contributed by atoms with Crippen LogP contribution in [0.3, 0.4) is 0 Å². The summed E-state index contributed by atoms with van der Waals surface area (Å²) in [6, 6.07) is 19.1. The second kappa shape index (κ2) is 23.0. The van der Waals surface area contributed by atoms with Gasteiger partial charge in [0, 0.05) is 20.0 Å². The van der Waals surface area contributed by atoms with Gasteiger partial charge in [0.25, 0.3) is 0 Å². The summed E-state index contributed by atoms with van der Waals surface area (Å²) in [7, 11) is 1.63. The lowest BCUT2D eigenvalue weighted by molar-refractivity contribution is -0.138. The summed E-state index contributed by atoms with van der Waals surface area (Å²) in [5, 5.41) is 16.7. The fourth-order valence-electron chi connectivity index (χ4n) is 6.13. The van der Waals surface area contributed by atoms with Crippen molar-refractivity contribution in [2.75, 3.05) is 7.05 Å². The number of carboxylic acid groups (broad SMARTS) is 1. The molecule has 0 aliphatic heterocycles. The van der Waals surface area contributed by atoms with Crippen LogP contribution in [0.1, 0.15) is 97.0 Å². The smallest absolute Gasteiger partial charge is 0.416 e. The first kappa shape index (κ1) is 50.0. The van der Waals surface area contributed by atoms with Crippen LogP contribution in [0.2, 0.25) is 0 Å². The van der Waals surface area contributed by atoms with Gasteiger partial charge < -0.3 is 30.7 Å². The number of hydrogen-bond acceptors (Lipinski definition) is 6. The standard InChI is InChI=1S/C26H32F3N3O4.C19H18F3NO3/c1-4-5-13-21(24(35)32(3)16-19-10-7-6-9-17(19)2)30-25(36)31-22(15-23(33)34)18-11-8-12-20(14-18)26(27,28)29;1-12-6-8-16(9-7-12)26-18(25)23-17(10-13(2)24)14-4-3-5-15(11-14)19(20,21)22/h6-12,14,21-22H,4-5,13,15-16H2,1-3H3,(H,33,34)(H2,30,31,36);3-9,11,17H,10H2,1-2H3,(H,23,25)/t21-,22-;17-/m00/s1. The number of aryl methyl sites for hydroxylation is 2. The third-order valence-corrected chi connectivity index (χ3v) is 9.43. The number of carbonyl (C=O) groups excluding carboxylic acids is 4. The molecule has 0 aliphatic carbocycles. The zero-order valence-electron chi connectivity index (χ0n) is 34.8. The van der Waals surface area contributed by atoms with Crippen molar-refractivity contribution in [3.63, 3.8) is 0 Å². The van der Waals surface area contributed by atoms with E-state index in [0.717, 1.165) is 53.4 Å². The number of nitrogens with zero attached hydrogens (tertiary/aromatic N) is 1. The van der Waals surface area contributed by atoms with Crippen molar-refractivity contribution in [2.45, 2.75) is 96.8 Å². The van der Waals surface area contributed by atoms with Crippen LogP contribution >= 0.6 is 0 Å². The van der Waals surface area contributed by atoms with Crippen LogP contribution in [-0.4, -0.2) is 52.9 Å². The SMILES string of the molecule is CC(=O)C[C@H](NC(=O)Oc1ccc(C)cc1)c1cccc(C(F)(F)F)c1.CCCC[C@H](NC(=O)N[C@@H](CC(=O)O)c1cccc(C(F)(F)F)c1)C(=O)N(C)Cc1ccccc1C. The Labute approximate surface area is 355 Å². The number of carbonyl (C=O) groups is 5. The molecule has 0 heterocycles. The average Bonchev–Trinajstić information content (AvgIpc) is 3.19. The Bertz CT molecular complexity index is 2140. The molecule has 0 aliphatic rings. The molecule has 4 amide bonds. The van der Waals surface area contributed by atoms with E-state index < -0.39 is 66.1 Å². The molecule has 3 atom stereocenters. The number of Topliss-reactive ketones (excluding diaryl/α,β-unsaturated/α-hetero) is 1. The number of urea groups is 1. The Kier molecular flexibility index (Phi) is 18.5. The predicted molar refractivity (Wildman–Crippen MR) is 219 cm³/mol. The Morgan fingerprint density at radius 2 is 1.27 bits per heavy atom. The Morgan fingerprint density at radius 1 is 0.726 bits per heavy atom. The summed E-state index contributed by atoms with van der Waals surface area (Å²) in [6.45, 7) is 7.39. The van der Waals surface area contributed by atoms with E-state index in [-0.39, 0.29) is 29.2 Å². The minimum Gasteiger partial charge on any atom is -0.481 e. The van der Waals surface area contributed by atoms with Crippen LogP contribution in [-0.2, 0) is 33.3 Å². The largest absolute Gasteiger partial charge is 0.481 e. The minimum atomic E-state index is -4.62. The lowest BCUT2D eigenvalue weighted by Crippen LogP contribution is -2.51. The molecular formula is C45H50F6N4O7. The van der Waals surface area contributed by atoms with Gasteiger partial charge in [0.05, 0.1) is 29.6 Å². The number of hydrogen-bond donors (Lipinski definition) is 4. The molecule has 0 radical (unpaired) electrons. The summed E-state index contributed by atoms with van der Waals surface area (Å²) < 4.78 is 83.2. The highest BCUT2D eigenvalue weighted by atomic mass is 19.4. The van der Waals surface area contributed by atoms with E-state index >= 15 is 0 Å². The van der Waals surface area contributed by atoms with Crippen LogP contribution in [0.25, 0.3) is 0 Å². The van der Waals surface area contributed by atoms with Crippen molar-refractivity contribution in [1.29, 1.82) is 0 Å². The number of amides is 4. The molecule has 0 saturated heterocycles. The van der Waals surface area contributed by atoms with Gasteiger partial charge in [-0.1, -0.05) is 86.0 Å². The molecule has 0 bridgehead atoms. The number of likely N-dealkylation sites (N-methyl/N-ethyl adjacent to an activating group) is 1. The minimum absolute atomic E-state index is 0.00418. The summed E-state index contributed by atoms with van der Waals surface area (Å²) >= 11 is 0. The second-order valence-corrected chi connectivity index (χ2v) is 14.6. The van der Waals surface area contributed by atoms with Crippen LogP contribution < -0.4 is 20.7 Å². The molecule has 0 saturated carbocycles. The first-order valence-electron chi connectivity index (χ1n) is 19.5. The summed E-state index contributed by atoms with van der Waals surface area (Å²) in [4.78, 5) is 62.4. The van der Waals surface area contributed by atoms with Crippen molar-refractivity contribution >= 4 is 29.8 Å². The number of nitrogens with one attached hydrogen (secondary N) is 3. The number of ketones is 1. The van der Waals surface area contributed by atoms with Crippen LogP contribution in [0, 0.1) is 13.8 Å². The van der Waals surface area contributed by atoms with E-state index in [0.29, 0.717) is 25.1 Å². The van der Waals surface area contributed by atoms with Crippen LogP contribution in [0.4, 0.5) is 35.9 Å². The molecule has 62 heavy (non-hydrogen) atoms. The third-order valence-electron chi connectivity index (χ3n) is 9.43. The molecular weight excluding hydrogens is 823 g/mol. The highest BCUT2D eigenvalue weighted by Crippen LogP contribution is 2.33. The Balaban J connectivity index is 0.000000348. The van der Waals surface area contributed by atoms with Gasteiger partial charge in [-0.15, -0.1) is 0 Å². The molecule has 4 N–H and O–H groups in total. The highest BCUT2D eigenvalue weighted by Gasteiger charge is 2.33. The molecule has 4 aromatic carbocycles. The first-order valence-corrected chi connectivity index (χ1v) is 19.5. The number of ether oxygens (including phenoxy) is 1. The molecule has 4 aromatic rings. The van der Waals surface area contributed by atoms with Crippen LogP contribution in [0.15, 0.2) is 97.1 Å². The van der Waals surface area contributed by atoms with E-state index in [4.69, 9.17) is 4.74 Å². The number of unbranched alkanes of at least 4 members (excludes halogenated alkanes) is 1. The molecule has 0 spiro atoms. The van der Waals surface area contributed by atoms with Gasteiger partial charge in [0.1, 0.15) is 17.6 Å². The summed E-state index contributed by atoms with van der Waals surface area (Å²) in [5.74, 6) is -1.60. The summed E-state index contributed by atoms with van der Waals surface area (Å²) in [5.41, 5.74) is 1.33. The quantitative estimate of drug-likeness (QED) is 0.0818. The van der Waals surface area contributed by atoms with E-state index in [1.165, 1.54) is 30.0 Å². The molecule has 0 fully saturated rings. The van der Waals surface area contributed by atoms with Gasteiger partial charge in [0.2, 0.25) is 5.91 Å². The number of aliphatic carboxylic acids is 1. The molecule has 0 aromatic heterocycles. The fraction of sp³-hybridized carbons (Fsp3) is 0.356. The zero-order chi connectivity index (χ0) is 46.2. The number of halogens is 6. The van der Waals surface area contributed by atoms with Crippen molar-refractivity contribution in [2.24, 2.45) is 0 Å². The topological polar surface area (TPSA) is 154 Å². The average molecular weight is 873 g/mol. The maximum absolute atomic E-state index is 13.2. The number of alkyl halides is 6. The first-order chi connectivity index (χ1) is 29.1. The monoisotopic (exact) mass is 872 g/mol. The van der Waals surface area contributed by atoms with Crippen molar-refractivity contribution < 1.29 is 60.2 Å². The van der Waals surface area contributed by atoms with Gasteiger partial charge in [-0.2, -0.15) is 26.3 Å². The molecule has 11 nitrogen and oxygen atoms in total. The van der Waals surface area contributed by atoms with E-state index in [9.17, 15) is 55.4 Å². The number of benzene rings is 4. The van der Waals surface area contributed by atoms with Gasteiger partial charge in [-0.3, -0.25) is 14.4 Å². The Hall–Kier alpha value is -6.39. The van der Waals surface area contributed by atoms with Gasteiger partial charge in [-0.05, 0) is 85.8 Å². The maximum Gasteiger partial charge on any atom is 0.416 e. The number of carboxylic acids is 1. The van der Waals surface area contributed by atoms with E-state index in [1.54, 1.807) is 31.3 Å². The van der Waals surface area contributed by atoms with Crippen molar-refractivity contribution in [3.05, 3.63) is 136 Å². The number of rotatable bonds is 16. The van der Waals surface area contributed by atoms with Crippen molar-refractivity contribution in [3.8, 4) is 5.75 Å².